The van der Waals surface area contributed by atoms with Crippen LogP contribution in [0.5, 0.6) is 0 Å². The fraction of sp³-hybridized carbons (Fsp3) is 0.667. The number of rotatable bonds is 1. The van der Waals surface area contributed by atoms with Gasteiger partial charge in [0.25, 0.3) is 5.56 Å². The summed E-state index contributed by atoms with van der Waals surface area (Å²) >= 11 is 5.44. The van der Waals surface area contributed by atoms with Crippen LogP contribution < -0.4 is 11.2 Å². The maximum atomic E-state index is 13.5. The molecule has 1 heterocycles. The van der Waals surface area contributed by atoms with Crippen molar-refractivity contribution in [3.63, 3.8) is 0 Å². The molecule has 4 nitrogen and oxygen atoms in total. The highest BCUT2D eigenvalue weighted by atomic mass is 35.5. The molecule has 0 aliphatic heterocycles. The second-order valence-corrected chi connectivity index (χ2v) is 5.68. The zero-order valence-electron chi connectivity index (χ0n) is 10.4. The van der Waals surface area contributed by atoms with Crippen LogP contribution in [0.4, 0.5) is 4.39 Å². The van der Waals surface area contributed by atoms with E-state index in [-0.39, 0.29) is 6.04 Å². The fourth-order valence-corrected chi connectivity index (χ4v) is 3.11. The van der Waals surface area contributed by atoms with Crippen LogP contribution >= 0.6 is 11.6 Å². The molecule has 0 aromatic carbocycles. The molecule has 1 N–H and O–H groups in total. The number of aromatic nitrogens is 2. The first-order valence-corrected chi connectivity index (χ1v) is 6.47. The summed E-state index contributed by atoms with van der Waals surface area (Å²) in [5, 5.41) is -0.516. The first kappa shape index (κ1) is 13.3. The van der Waals surface area contributed by atoms with Gasteiger partial charge in [0.2, 0.25) is 5.82 Å². The third-order valence-corrected chi connectivity index (χ3v) is 3.81. The van der Waals surface area contributed by atoms with Crippen LogP contribution in [0, 0.1) is 17.7 Å². The summed E-state index contributed by atoms with van der Waals surface area (Å²) in [5.74, 6) is -0.241. The van der Waals surface area contributed by atoms with Gasteiger partial charge >= 0.3 is 5.69 Å². The van der Waals surface area contributed by atoms with Crippen molar-refractivity contribution in [2.75, 3.05) is 0 Å². The number of halogens is 2. The lowest BCUT2D eigenvalue weighted by Gasteiger charge is -2.31. The van der Waals surface area contributed by atoms with Crippen molar-refractivity contribution in [2.24, 2.45) is 11.8 Å². The molecule has 1 aromatic rings. The smallest absolute Gasteiger partial charge is 0.295 e. The lowest BCUT2D eigenvalue weighted by molar-refractivity contribution is 0.211. The minimum absolute atomic E-state index is 0.244. The maximum absolute atomic E-state index is 13.5. The van der Waals surface area contributed by atoms with E-state index in [1.54, 1.807) is 0 Å². The summed E-state index contributed by atoms with van der Waals surface area (Å²) in [4.78, 5) is 25.8. The van der Waals surface area contributed by atoms with Crippen molar-refractivity contribution in [3.05, 3.63) is 31.8 Å². The van der Waals surface area contributed by atoms with Gasteiger partial charge in [-0.2, -0.15) is 4.39 Å². The molecule has 6 heteroatoms. The van der Waals surface area contributed by atoms with Gasteiger partial charge in [0.15, 0.2) is 5.15 Å². The molecule has 0 spiro atoms. The molecule has 2 unspecified atom stereocenters. The summed E-state index contributed by atoms with van der Waals surface area (Å²) in [7, 11) is 0. The van der Waals surface area contributed by atoms with Crippen molar-refractivity contribution in [1.82, 2.24) is 9.55 Å². The molecule has 1 fully saturated rings. The Bertz CT molecular complexity index is 556. The Balaban J connectivity index is 2.48. The Hall–Kier alpha value is -1.10. The van der Waals surface area contributed by atoms with E-state index in [1.807, 2.05) is 0 Å². The number of H-pyrrole nitrogens is 1. The van der Waals surface area contributed by atoms with Gasteiger partial charge in [-0.3, -0.25) is 14.3 Å². The summed E-state index contributed by atoms with van der Waals surface area (Å²) in [6.45, 7) is 4.16. The van der Waals surface area contributed by atoms with E-state index in [4.69, 9.17) is 11.6 Å². The van der Waals surface area contributed by atoms with Gasteiger partial charge < -0.3 is 0 Å². The zero-order chi connectivity index (χ0) is 13.4. The molecule has 0 saturated heterocycles. The number of nitrogens with zero attached hydrogens (tertiary/aromatic N) is 1. The van der Waals surface area contributed by atoms with Crippen LogP contribution in [0.1, 0.15) is 39.2 Å². The van der Waals surface area contributed by atoms with Gasteiger partial charge in [-0.1, -0.05) is 25.4 Å². The molecule has 1 aliphatic rings. The summed E-state index contributed by atoms with van der Waals surface area (Å²) in [6, 6.07) is -0.244. The molecule has 1 aliphatic carbocycles. The van der Waals surface area contributed by atoms with Gasteiger partial charge in [0.05, 0.1) is 0 Å². The van der Waals surface area contributed by atoms with Gasteiger partial charge in [-0.25, -0.2) is 4.79 Å². The van der Waals surface area contributed by atoms with Crippen molar-refractivity contribution in [3.8, 4) is 0 Å². The summed E-state index contributed by atoms with van der Waals surface area (Å²) in [5.41, 5.74) is -1.55. The Morgan fingerprint density at radius 1 is 1.22 bits per heavy atom. The van der Waals surface area contributed by atoms with E-state index in [2.05, 4.69) is 18.8 Å². The van der Waals surface area contributed by atoms with Crippen LogP contribution in [0.25, 0.3) is 0 Å². The number of aromatic amines is 1. The first-order chi connectivity index (χ1) is 8.40. The Labute approximate surface area is 109 Å². The molecule has 18 heavy (non-hydrogen) atoms. The second kappa shape index (κ2) is 4.88. The van der Waals surface area contributed by atoms with E-state index in [9.17, 15) is 14.0 Å². The monoisotopic (exact) mass is 274 g/mol. The van der Waals surface area contributed by atoms with Crippen LogP contribution in [0.3, 0.4) is 0 Å². The van der Waals surface area contributed by atoms with Gasteiger partial charge in [0, 0.05) is 6.04 Å². The van der Waals surface area contributed by atoms with E-state index in [0.29, 0.717) is 24.7 Å². The number of hydrogen-bond acceptors (Lipinski definition) is 2. The third kappa shape index (κ3) is 2.36. The molecule has 0 radical (unpaired) electrons. The van der Waals surface area contributed by atoms with Gasteiger partial charge in [-0.05, 0) is 31.1 Å². The molecule has 1 aromatic heterocycles. The van der Waals surface area contributed by atoms with Crippen LogP contribution in [0.15, 0.2) is 9.59 Å². The van der Waals surface area contributed by atoms with E-state index in [1.165, 1.54) is 0 Å². The summed E-state index contributed by atoms with van der Waals surface area (Å²) < 4.78 is 14.5. The molecule has 0 amide bonds. The highest BCUT2D eigenvalue weighted by molar-refractivity contribution is 6.29. The average Bonchev–Trinajstić information content (AvgIpc) is 2.24. The molecular formula is C12H16ClFN2O2. The van der Waals surface area contributed by atoms with Gasteiger partial charge in [-0.15, -0.1) is 0 Å². The Kier molecular flexibility index (Phi) is 3.61. The van der Waals surface area contributed by atoms with Crippen LogP contribution in [-0.4, -0.2) is 9.55 Å². The third-order valence-electron chi connectivity index (χ3n) is 3.55. The van der Waals surface area contributed by atoms with Crippen LogP contribution in [0.2, 0.25) is 5.15 Å². The lowest BCUT2D eigenvalue weighted by Crippen LogP contribution is -2.42. The van der Waals surface area contributed by atoms with E-state index in [0.717, 1.165) is 11.0 Å². The second-order valence-electron chi connectivity index (χ2n) is 5.30. The van der Waals surface area contributed by atoms with Gasteiger partial charge in [0.1, 0.15) is 0 Å². The Morgan fingerprint density at radius 2 is 1.78 bits per heavy atom. The van der Waals surface area contributed by atoms with Crippen LogP contribution in [-0.2, 0) is 0 Å². The van der Waals surface area contributed by atoms with Crippen molar-refractivity contribution >= 4 is 11.6 Å². The van der Waals surface area contributed by atoms with E-state index < -0.39 is 22.2 Å². The zero-order valence-corrected chi connectivity index (χ0v) is 11.1. The molecule has 100 valence electrons. The van der Waals surface area contributed by atoms with E-state index >= 15 is 0 Å². The minimum Gasteiger partial charge on any atom is -0.295 e. The predicted molar refractivity (Wildman–Crippen MR) is 67.5 cm³/mol. The van der Waals surface area contributed by atoms with Crippen molar-refractivity contribution in [1.29, 1.82) is 0 Å². The van der Waals surface area contributed by atoms with Crippen molar-refractivity contribution < 1.29 is 4.39 Å². The summed E-state index contributed by atoms with van der Waals surface area (Å²) in [6.07, 6.45) is 2.50. The lowest BCUT2D eigenvalue weighted by atomic mass is 9.80. The predicted octanol–water partition coefficient (Wildman–Crippen LogP) is 2.33. The standard InChI is InChI=1S/C12H16ClFN2O2/c1-6-3-7(2)5-8(4-6)16-11(17)9(14)10(13)15-12(16)18/h6-8H,3-5H2,1-2H3,(H,15,18). The normalized spacial score (nSPS) is 28.3. The molecule has 2 atom stereocenters. The fourth-order valence-electron chi connectivity index (χ4n) is 2.95. The largest absolute Gasteiger partial charge is 0.329 e. The minimum atomic E-state index is -1.08. The average molecular weight is 275 g/mol. The maximum Gasteiger partial charge on any atom is 0.329 e. The quantitative estimate of drug-likeness (QED) is 0.799. The topological polar surface area (TPSA) is 54.9 Å². The molecule has 2 rings (SSSR count). The molecular weight excluding hydrogens is 259 g/mol. The Morgan fingerprint density at radius 3 is 2.33 bits per heavy atom. The first-order valence-electron chi connectivity index (χ1n) is 6.10. The number of nitrogens with one attached hydrogen (secondary N) is 1. The van der Waals surface area contributed by atoms with Crippen molar-refractivity contribution in [2.45, 2.75) is 39.2 Å². The number of hydrogen-bond donors (Lipinski definition) is 1. The SMILES string of the molecule is CC1CC(C)CC(n2c(=O)[nH]c(Cl)c(F)c2=O)C1. The molecule has 0 bridgehead atoms. The molecule has 1 saturated carbocycles. The highest BCUT2D eigenvalue weighted by Crippen LogP contribution is 2.34. The highest BCUT2D eigenvalue weighted by Gasteiger charge is 2.28.